The molecule has 2 fully saturated rings. The Balaban J connectivity index is 0.000000191. The van der Waals surface area contributed by atoms with Crippen LogP contribution in [-0.4, -0.2) is 112 Å². The van der Waals surface area contributed by atoms with E-state index in [9.17, 15) is 19.2 Å². The molecule has 476 valence electrons. The van der Waals surface area contributed by atoms with E-state index in [2.05, 4.69) is 57.2 Å². The number of unbranched alkanes of at least 4 members (excludes halogenated alkanes) is 2. The number of carbonyl (C=O) groups is 2. The summed E-state index contributed by atoms with van der Waals surface area (Å²) in [6, 6.07) is 7.83. The summed E-state index contributed by atoms with van der Waals surface area (Å²) in [5.74, 6) is 2.00. The quantitative estimate of drug-likeness (QED) is 0.0520. The minimum absolute atomic E-state index is 0.0722. The van der Waals surface area contributed by atoms with Crippen LogP contribution in [0.15, 0.2) is 84.0 Å². The Morgan fingerprint density at radius 2 is 1.09 bits per heavy atom. The predicted octanol–water partition coefficient (Wildman–Crippen LogP) is 14.5. The fourth-order valence-electron chi connectivity index (χ4n) is 11.4. The van der Waals surface area contributed by atoms with Gasteiger partial charge in [0.2, 0.25) is 11.9 Å². The molecule has 0 aromatic carbocycles. The maximum atomic E-state index is 13.9. The van der Waals surface area contributed by atoms with E-state index in [0.717, 1.165) is 128 Å². The molecule has 2 aliphatic carbocycles. The van der Waals surface area contributed by atoms with Gasteiger partial charge >= 0.3 is 12.2 Å². The van der Waals surface area contributed by atoms with Crippen LogP contribution in [0.1, 0.15) is 191 Å². The highest BCUT2D eigenvalue weighted by Gasteiger charge is 2.30. The molecule has 2 aliphatic heterocycles. The highest BCUT2D eigenvalue weighted by Crippen LogP contribution is 2.35. The zero-order chi connectivity index (χ0) is 64.2. The average molecular weight is 1240 g/mol. The average Bonchev–Trinajstić information content (AvgIpc) is 1.60. The first-order chi connectivity index (χ1) is 42.4. The number of anilines is 3. The summed E-state index contributed by atoms with van der Waals surface area (Å²) in [7, 11) is 0. The van der Waals surface area contributed by atoms with Gasteiger partial charge in [-0.1, -0.05) is 95.3 Å². The number of nitrogens with two attached hydrogens (primary N) is 1. The molecule has 0 spiro atoms. The van der Waals surface area contributed by atoms with E-state index in [1.807, 2.05) is 96.5 Å². The topological polar surface area (TPSA) is 237 Å². The molecule has 89 heavy (non-hydrogen) atoms. The maximum absolute atomic E-state index is 13.9. The van der Waals surface area contributed by atoms with Crippen molar-refractivity contribution in [1.82, 2.24) is 48.8 Å². The van der Waals surface area contributed by atoms with Gasteiger partial charge in [0.05, 0.1) is 24.3 Å². The number of nitrogens with one attached hydrogen (secondary N) is 1. The van der Waals surface area contributed by atoms with Crippen molar-refractivity contribution in [3.05, 3.63) is 134 Å². The van der Waals surface area contributed by atoms with Crippen LogP contribution in [0, 0.1) is 13.8 Å². The lowest BCUT2D eigenvalue weighted by Crippen LogP contribution is -2.39. The van der Waals surface area contributed by atoms with Crippen LogP contribution >= 0.6 is 11.6 Å². The first-order valence-corrected chi connectivity index (χ1v) is 31.8. The Bertz CT molecular complexity index is 3700. The van der Waals surface area contributed by atoms with Crippen molar-refractivity contribution >= 4 is 86.2 Å². The van der Waals surface area contributed by atoms with E-state index in [-0.39, 0.29) is 41.3 Å². The fraction of sp³-hybridized carbons (Fsp3) is 0.500. The summed E-state index contributed by atoms with van der Waals surface area (Å²) < 4.78 is 26.1. The van der Waals surface area contributed by atoms with E-state index in [1.54, 1.807) is 39.0 Å². The van der Waals surface area contributed by atoms with Gasteiger partial charge in [-0.05, 0) is 158 Å². The van der Waals surface area contributed by atoms with Gasteiger partial charge in [0, 0.05) is 73.8 Å². The maximum Gasteiger partial charge on any atom is 0.410 e. The van der Waals surface area contributed by atoms with Gasteiger partial charge in [-0.3, -0.25) is 18.7 Å². The number of amides is 2. The number of nitrogens with zero attached hydrogens (tertiary/aromatic N) is 10. The summed E-state index contributed by atoms with van der Waals surface area (Å²) in [6.07, 6.45) is 24.2. The number of halogens is 1. The summed E-state index contributed by atoms with van der Waals surface area (Å²) in [6.45, 7) is 30.7. The molecule has 0 unspecified atom stereocenters. The lowest BCUT2D eigenvalue weighted by atomic mass is 10.0. The number of ether oxygens (including phenoxy) is 4. The second kappa shape index (κ2) is 29.9. The molecule has 20 nitrogen and oxygen atoms in total. The SMILES string of the molecule is C=C(OCCCC)c1c(C)c2cnc(N)nc2n(C2CCCC2)c1=O.C=C(OCCCC)c1c(C)c2cnc(Nc3ccc(C4=CCN(C(=O)OC(C)(C)C)CC4)cn3)nc2n(C2CCCC2)c1=O.CC(C)(C)OC(=O)N1CC=C(c2ccc(Cl)nc2)CC1. The largest absolute Gasteiger partial charge is 0.493 e. The summed E-state index contributed by atoms with van der Waals surface area (Å²) in [4.78, 5) is 81.6. The van der Waals surface area contributed by atoms with Gasteiger partial charge < -0.3 is 39.8 Å². The third-order valence-corrected chi connectivity index (χ3v) is 16.3. The molecule has 0 radical (unpaired) electrons. The Labute approximate surface area is 527 Å². The molecule has 2 saturated carbocycles. The third kappa shape index (κ3) is 17.2. The van der Waals surface area contributed by atoms with Gasteiger partial charge in [-0.2, -0.15) is 9.97 Å². The number of fused-ring (bicyclic) bond motifs is 2. The molecule has 0 saturated heterocycles. The number of carbonyl (C=O) groups excluding carboxylic acids is 2. The lowest BCUT2D eigenvalue weighted by molar-refractivity contribution is 0.0260. The van der Waals surface area contributed by atoms with Crippen LogP contribution in [0.3, 0.4) is 0 Å². The number of aryl methyl sites for hydroxylation is 2. The normalized spacial score (nSPS) is 15.5. The summed E-state index contributed by atoms with van der Waals surface area (Å²) in [5, 5.41) is 5.35. The number of hydrogen-bond acceptors (Lipinski definition) is 16. The van der Waals surface area contributed by atoms with Crippen molar-refractivity contribution in [2.45, 2.75) is 182 Å². The molecular formula is C68H89ClN12O8. The Morgan fingerprint density at radius 3 is 1.49 bits per heavy atom. The zero-order valence-corrected chi connectivity index (χ0v) is 54.4. The van der Waals surface area contributed by atoms with Crippen LogP contribution in [-0.2, 0) is 18.9 Å². The number of hydrogen-bond donors (Lipinski definition) is 2. The van der Waals surface area contributed by atoms with E-state index in [0.29, 0.717) is 90.3 Å². The van der Waals surface area contributed by atoms with Gasteiger partial charge in [0.15, 0.2) is 0 Å². The third-order valence-electron chi connectivity index (χ3n) is 16.1. The molecule has 0 atom stereocenters. The smallest absolute Gasteiger partial charge is 0.410 e. The fourth-order valence-corrected chi connectivity index (χ4v) is 11.5. The first kappa shape index (κ1) is 66.8. The minimum Gasteiger partial charge on any atom is -0.493 e. The molecule has 8 heterocycles. The van der Waals surface area contributed by atoms with Gasteiger partial charge in [-0.25, -0.2) is 29.5 Å². The van der Waals surface area contributed by atoms with Crippen molar-refractivity contribution < 1.29 is 28.5 Å². The second-order valence-electron chi connectivity index (χ2n) is 25.1. The number of pyridine rings is 4. The van der Waals surface area contributed by atoms with E-state index in [1.165, 1.54) is 5.57 Å². The molecule has 3 N–H and O–H groups in total. The van der Waals surface area contributed by atoms with Crippen molar-refractivity contribution in [1.29, 1.82) is 0 Å². The van der Waals surface area contributed by atoms with Gasteiger partial charge in [0.25, 0.3) is 11.1 Å². The number of aromatic nitrogens is 8. The van der Waals surface area contributed by atoms with Crippen LogP contribution in [0.4, 0.5) is 27.3 Å². The number of nitrogen functional groups attached to an aromatic ring is 1. The van der Waals surface area contributed by atoms with Crippen LogP contribution in [0.2, 0.25) is 5.15 Å². The standard InChI is InChI=1S/C34H44N6O4.C19H26N4O2.C15H19ClN2O2/c1-7-8-19-43-23(3)29-22(2)27-21-36-32(38-30(27)40(31(29)41)26-11-9-10-12-26)37-28-14-13-25(20-35-28)24-15-17-39(18-16-24)33(42)44-34(4,5)6;1-4-5-10-25-13(3)16-12(2)15-11-21-19(20)22-17(15)23(18(16)24)14-8-6-7-9-14;1-15(2,3)20-14(19)18-8-6-11(7-9-18)12-4-5-13(16)17-10-12/h13-15,20-21,26H,3,7-12,16-19H2,1-2,4-6H3,(H,35,36,37,38);11,14H,3-10H2,1-2H3,(H2,20,21,22);4-6,10H,7-9H2,1-3H3. The Hall–Kier alpha value is -8.13. The van der Waals surface area contributed by atoms with E-state index in [4.69, 9.17) is 41.3 Å². The molecule has 6 aromatic rings. The molecular weight excluding hydrogens is 1150 g/mol. The van der Waals surface area contributed by atoms with Crippen molar-refractivity contribution in [2.75, 3.05) is 50.4 Å². The number of rotatable bonds is 16. The van der Waals surface area contributed by atoms with Crippen molar-refractivity contribution in [3.8, 4) is 0 Å². The lowest BCUT2D eigenvalue weighted by Gasteiger charge is -2.29. The molecule has 10 rings (SSSR count). The highest BCUT2D eigenvalue weighted by atomic mass is 35.5. The van der Waals surface area contributed by atoms with E-state index >= 15 is 0 Å². The summed E-state index contributed by atoms with van der Waals surface area (Å²) in [5.41, 5.74) is 12.8. The Morgan fingerprint density at radius 1 is 0.640 bits per heavy atom. The van der Waals surface area contributed by atoms with Crippen LogP contribution in [0.25, 0.3) is 44.7 Å². The predicted molar refractivity (Wildman–Crippen MR) is 354 cm³/mol. The van der Waals surface area contributed by atoms with E-state index < -0.39 is 11.2 Å². The van der Waals surface area contributed by atoms with Crippen molar-refractivity contribution in [2.24, 2.45) is 0 Å². The molecule has 4 aliphatic rings. The minimum atomic E-state index is -0.518. The molecule has 2 amide bonds. The molecule has 21 heteroatoms. The molecule has 0 bridgehead atoms. The van der Waals surface area contributed by atoms with Crippen LogP contribution in [0.5, 0.6) is 0 Å². The van der Waals surface area contributed by atoms with Gasteiger partial charge in [0.1, 0.15) is 45.0 Å². The zero-order valence-electron chi connectivity index (χ0n) is 53.7. The summed E-state index contributed by atoms with van der Waals surface area (Å²) >= 11 is 5.78. The molecule has 6 aromatic heterocycles. The monoisotopic (exact) mass is 1240 g/mol. The first-order valence-electron chi connectivity index (χ1n) is 31.4. The second-order valence-corrected chi connectivity index (χ2v) is 25.5. The van der Waals surface area contributed by atoms with Gasteiger partial charge in [-0.15, -0.1) is 0 Å². The highest BCUT2D eigenvalue weighted by molar-refractivity contribution is 6.29. The Kier molecular flexibility index (Phi) is 22.5. The van der Waals surface area contributed by atoms with Crippen LogP contribution < -0.4 is 22.2 Å². The van der Waals surface area contributed by atoms with Crippen molar-refractivity contribution in [3.63, 3.8) is 0 Å².